The first kappa shape index (κ1) is 7.76. The van der Waals surface area contributed by atoms with E-state index in [1.54, 1.807) is 0 Å². The van der Waals surface area contributed by atoms with E-state index >= 15 is 0 Å². The standard InChI is InChI=1S/C8H5N2S2/c1-5-2-3-6(4-11)8-7(5)9-10-12-8/h2-3H,1H3. The molecule has 0 fully saturated rings. The van der Waals surface area contributed by atoms with Crippen LogP contribution in [0.3, 0.4) is 0 Å². The summed E-state index contributed by atoms with van der Waals surface area (Å²) in [5, 5.41) is 6.71. The minimum atomic E-state index is 0.917. The Hall–Kier alpha value is -0.870. The van der Waals surface area contributed by atoms with E-state index < -0.39 is 0 Å². The van der Waals surface area contributed by atoms with Gasteiger partial charge in [0, 0.05) is 5.56 Å². The Morgan fingerprint density at radius 3 is 3.08 bits per heavy atom. The fourth-order valence-electron chi connectivity index (χ4n) is 1.07. The van der Waals surface area contributed by atoms with Gasteiger partial charge >= 0.3 is 0 Å². The smallest absolute Gasteiger partial charge is 0.109 e. The second kappa shape index (κ2) is 2.88. The van der Waals surface area contributed by atoms with Crippen LogP contribution in [0.15, 0.2) is 12.1 Å². The first-order valence-corrected chi connectivity index (χ1v) is 4.61. The van der Waals surface area contributed by atoms with Gasteiger partial charge in [-0.05, 0) is 24.0 Å². The van der Waals surface area contributed by atoms with Gasteiger partial charge in [-0.15, -0.1) is 5.10 Å². The van der Waals surface area contributed by atoms with E-state index in [1.807, 2.05) is 19.1 Å². The molecule has 1 aromatic carbocycles. The molecule has 1 heterocycles. The minimum absolute atomic E-state index is 0.917. The fourth-order valence-corrected chi connectivity index (χ4v) is 2.01. The zero-order chi connectivity index (χ0) is 8.55. The van der Waals surface area contributed by atoms with Crippen molar-refractivity contribution in [2.75, 3.05) is 0 Å². The molecule has 12 heavy (non-hydrogen) atoms. The van der Waals surface area contributed by atoms with Gasteiger partial charge in [-0.25, -0.2) is 0 Å². The highest BCUT2D eigenvalue weighted by molar-refractivity contribution is 7.79. The van der Waals surface area contributed by atoms with Crippen molar-refractivity contribution in [1.82, 2.24) is 9.59 Å². The van der Waals surface area contributed by atoms with Gasteiger partial charge < -0.3 is 0 Å². The molecule has 2 nitrogen and oxygen atoms in total. The first-order valence-electron chi connectivity index (χ1n) is 3.43. The van der Waals surface area contributed by atoms with E-state index in [1.165, 1.54) is 11.5 Å². The van der Waals surface area contributed by atoms with Crippen LogP contribution in [0.25, 0.3) is 10.2 Å². The summed E-state index contributed by atoms with van der Waals surface area (Å²) in [6.45, 7) is 2.01. The van der Waals surface area contributed by atoms with Crippen molar-refractivity contribution >= 4 is 39.3 Å². The van der Waals surface area contributed by atoms with Gasteiger partial charge in [0.2, 0.25) is 0 Å². The van der Waals surface area contributed by atoms with Gasteiger partial charge in [0.15, 0.2) is 0 Å². The highest BCUT2D eigenvalue weighted by Crippen LogP contribution is 2.22. The van der Waals surface area contributed by atoms with E-state index in [-0.39, 0.29) is 0 Å². The van der Waals surface area contributed by atoms with Crippen LogP contribution in [0.1, 0.15) is 11.1 Å². The summed E-state index contributed by atoms with van der Waals surface area (Å²) < 4.78 is 4.91. The molecule has 4 heteroatoms. The largest absolute Gasteiger partial charge is 0.138 e. The van der Waals surface area contributed by atoms with Crippen LogP contribution in [-0.2, 0) is 0 Å². The van der Waals surface area contributed by atoms with E-state index in [9.17, 15) is 0 Å². The van der Waals surface area contributed by atoms with Gasteiger partial charge in [0.25, 0.3) is 0 Å². The van der Waals surface area contributed by atoms with Crippen LogP contribution in [0.4, 0.5) is 0 Å². The van der Waals surface area contributed by atoms with E-state index in [0.29, 0.717) is 0 Å². The molecule has 0 aliphatic heterocycles. The molecule has 2 aromatic rings. The zero-order valence-corrected chi connectivity index (χ0v) is 8.00. The highest BCUT2D eigenvalue weighted by Gasteiger charge is 2.05. The number of hydrogen-bond acceptors (Lipinski definition) is 4. The Morgan fingerprint density at radius 2 is 2.33 bits per heavy atom. The molecule has 0 unspecified atom stereocenters. The first-order chi connectivity index (χ1) is 5.83. The third-order valence-electron chi connectivity index (χ3n) is 1.72. The topological polar surface area (TPSA) is 25.8 Å². The summed E-state index contributed by atoms with van der Waals surface area (Å²) in [6, 6.07) is 3.93. The van der Waals surface area contributed by atoms with E-state index in [4.69, 9.17) is 12.2 Å². The fraction of sp³-hybridized carbons (Fsp3) is 0.125. The Balaban J connectivity index is 2.91. The molecule has 59 valence electrons. The lowest BCUT2D eigenvalue weighted by Gasteiger charge is -1.94. The van der Waals surface area contributed by atoms with Crippen LogP contribution >= 0.6 is 23.8 Å². The number of aromatic nitrogens is 2. The lowest BCUT2D eigenvalue weighted by atomic mass is 10.1. The van der Waals surface area contributed by atoms with Crippen molar-refractivity contribution in [3.63, 3.8) is 0 Å². The summed E-state index contributed by atoms with van der Waals surface area (Å²) in [7, 11) is 0. The number of aryl methyl sites for hydroxylation is 1. The van der Waals surface area contributed by atoms with Crippen LogP contribution in [0, 0.1) is 6.92 Å². The lowest BCUT2D eigenvalue weighted by molar-refractivity contribution is 1.19. The molecule has 0 N–H and O–H groups in total. The molecule has 2 rings (SSSR count). The number of hydrogen-bond donors (Lipinski definition) is 0. The van der Waals surface area contributed by atoms with Crippen molar-refractivity contribution < 1.29 is 0 Å². The molecule has 0 atom stereocenters. The van der Waals surface area contributed by atoms with Gasteiger partial charge in [-0.3, -0.25) is 0 Å². The predicted octanol–water partition coefficient (Wildman–Crippen LogP) is 2.22. The SMILES string of the molecule is Cc1ccc([C]=S)c2snnc12. The monoisotopic (exact) mass is 193 g/mol. The Kier molecular flexibility index (Phi) is 1.86. The summed E-state index contributed by atoms with van der Waals surface area (Å²) in [4.78, 5) is 0. The molecule has 1 aromatic heterocycles. The normalized spacial score (nSPS) is 10.4. The molecular formula is C8H5N2S2. The quantitative estimate of drug-likeness (QED) is 0.649. The second-order valence-electron chi connectivity index (χ2n) is 2.48. The van der Waals surface area contributed by atoms with Crippen LogP contribution < -0.4 is 0 Å². The lowest BCUT2D eigenvalue weighted by Crippen LogP contribution is -1.82. The maximum absolute atomic E-state index is 4.76. The number of thiocarbonyl (C=S) groups is 1. The van der Waals surface area contributed by atoms with Crippen molar-refractivity contribution in [2.24, 2.45) is 0 Å². The third-order valence-corrected chi connectivity index (χ3v) is 2.70. The summed E-state index contributed by atoms with van der Waals surface area (Å²) in [6.07, 6.45) is 0. The second-order valence-corrected chi connectivity index (χ2v) is 3.44. The molecule has 0 aliphatic rings. The number of benzene rings is 1. The Labute approximate surface area is 79.4 Å². The summed E-state index contributed by atoms with van der Waals surface area (Å²) in [5.41, 5.74) is 2.99. The molecular weight excluding hydrogens is 188 g/mol. The predicted molar refractivity (Wildman–Crippen MR) is 53.9 cm³/mol. The van der Waals surface area contributed by atoms with Crippen LogP contribution in [0.5, 0.6) is 0 Å². The summed E-state index contributed by atoms with van der Waals surface area (Å²) >= 11 is 6.12. The van der Waals surface area contributed by atoms with E-state index in [0.717, 1.165) is 21.3 Å². The molecule has 0 saturated carbocycles. The molecule has 1 radical (unpaired) electrons. The van der Waals surface area contributed by atoms with Crippen LogP contribution in [-0.4, -0.2) is 15.0 Å². The minimum Gasteiger partial charge on any atom is -0.138 e. The number of nitrogens with zero attached hydrogens (tertiary/aromatic N) is 2. The van der Waals surface area contributed by atoms with Crippen molar-refractivity contribution in [3.8, 4) is 0 Å². The van der Waals surface area contributed by atoms with E-state index in [2.05, 4.69) is 15.0 Å². The molecule has 0 bridgehead atoms. The van der Waals surface area contributed by atoms with Gasteiger partial charge in [-0.2, -0.15) is 0 Å². The van der Waals surface area contributed by atoms with Gasteiger partial charge in [0.1, 0.15) is 5.52 Å². The van der Waals surface area contributed by atoms with Crippen molar-refractivity contribution in [3.05, 3.63) is 23.3 Å². The Morgan fingerprint density at radius 1 is 1.50 bits per heavy atom. The maximum atomic E-state index is 4.76. The molecule has 0 amide bonds. The van der Waals surface area contributed by atoms with Crippen molar-refractivity contribution in [2.45, 2.75) is 6.92 Å². The zero-order valence-electron chi connectivity index (χ0n) is 6.37. The average Bonchev–Trinajstić information content (AvgIpc) is 2.54. The number of fused-ring (bicyclic) bond motifs is 1. The number of rotatable bonds is 1. The third kappa shape index (κ3) is 1.04. The van der Waals surface area contributed by atoms with Gasteiger partial charge in [-0.1, -0.05) is 28.8 Å². The van der Waals surface area contributed by atoms with Crippen LogP contribution in [0.2, 0.25) is 0 Å². The van der Waals surface area contributed by atoms with Crippen molar-refractivity contribution in [1.29, 1.82) is 0 Å². The molecule has 0 spiro atoms. The molecule has 0 aliphatic carbocycles. The maximum Gasteiger partial charge on any atom is 0.109 e. The highest BCUT2D eigenvalue weighted by atomic mass is 32.1. The summed E-state index contributed by atoms with van der Waals surface area (Å²) in [5.74, 6) is 0. The van der Waals surface area contributed by atoms with Gasteiger partial charge in [0.05, 0.1) is 10.1 Å². The molecule has 0 saturated heterocycles. The average molecular weight is 193 g/mol. The Bertz CT molecular complexity index is 434.